The Kier molecular flexibility index (Phi) is 8.48. The first kappa shape index (κ1) is 27.3. The van der Waals surface area contributed by atoms with Gasteiger partial charge in [0.2, 0.25) is 5.91 Å². The number of rotatable bonds is 9. The quantitative estimate of drug-likeness (QED) is 0.172. The third-order valence-electron chi connectivity index (χ3n) is 9.49. The van der Waals surface area contributed by atoms with E-state index in [9.17, 15) is 9.90 Å². The molecule has 0 bridgehead atoms. The molecule has 6 atom stereocenters. The molecule has 0 spiro atoms. The Labute approximate surface area is 239 Å². The van der Waals surface area contributed by atoms with Gasteiger partial charge in [0.25, 0.3) is 0 Å². The van der Waals surface area contributed by atoms with Crippen LogP contribution in [0.3, 0.4) is 0 Å². The number of benzene rings is 1. The van der Waals surface area contributed by atoms with Gasteiger partial charge in [-0.25, -0.2) is 4.98 Å². The number of hydrogen-bond acceptors (Lipinski definition) is 6. The zero-order valence-corrected chi connectivity index (χ0v) is 25.3. The van der Waals surface area contributed by atoms with Gasteiger partial charge in [-0.15, -0.1) is 11.3 Å². The van der Waals surface area contributed by atoms with Crippen molar-refractivity contribution in [2.24, 2.45) is 23.2 Å². The highest BCUT2D eigenvalue weighted by atomic mass is 127. The molecule has 6 nitrogen and oxygen atoms in total. The molecule has 202 valence electrons. The lowest BCUT2D eigenvalue weighted by Crippen LogP contribution is -2.49. The van der Waals surface area contributed by atoms with Gasteiger partial charge in [-0.05, 0) is 118 Å². The predicted octanol–water partition coefficient (Wildman–Crippen LogP) is 6.29. The molecule has 0 radical (unpaired) electrons. The number of aromatic hydroxyl groups is 1. The van der Waals surface area contributed by atoms with E-state index in [2.05, 4.69) is 61.6 Å². The lowest BCUT2D eigenvalue weighted by molar-refractivity contribution is -0.116. The van der Waals surface area contributed by atoms with Gasteiger partial charge in [-0.3, -0.25) is 7.91 Å². The van der Waals surface area contributed by atoms with Crippen LogP contribution in [0.4, 0.5) is 5.13 Å². The maximum atomic E-state index is 12.9. The topological polar surface area (TPSA) is 77.5 Å². The van der Waals surface area contributed by atoms with Crippen LogP contribution in [-0.4, -0.2) is 45.3 Å². The summed E-state index contributed by atoms with van der Waals surface area (Å²) >= 11 is 3.90. The molecule has 0 saturated heterocycles. The molecule has 5 rings (SSSR count). The molecule has 3 aliphatic rings. The number of carbonyl (C=O) groups is 1. The second kappa shape index (κ2) is 11.5. The van der Waals surface area contributed by atoms with E-state index in [1.54, 1.807) is 0 Å². The van der Waals surface area contributed by atoms with E-state index < -0.39 is 0 Å². The molecule has 2 saturated carbocycles. The van der Waals surface area contributed by atoms with Gasteiger partial charge in [-0.2, -0.15) is 0 Å². The number of thiazole rings is 1. The minimum Gasteiger partial charge on any atom is -0.508 e. The van der Waals surface area contributed by atoms with Crippen molar-refractivity contribution >= 4 is 45.2 Å². The molecule has 0 aliphatic heterocycles. The fourth-order valence-corrected chi connectivity index (χ4v) is 8.98. The number of anilines is 1. The van der Waals surface area contributed by atoms with Crippen molar-refractivity contribution in [2.75, 3.05) is 25.5 Å². The van der Waals surface area contributed by atoms with Gasteiger partial charge >= 0.3 is 0 Å². The second-order valence-corrected chi connectivity index (χ2v) is 14.7. The zero-order valence-electron chi connectivity index (χ0n) is 22.3. The number of carbonyl (C=O) groups excluding carboxylic acids is 1. The number of aromatic nitrogens is 1. The van der Waals surface area contributed by atoms with Crippen molar-refractivity contribution in [1.29, 1.82) is 0 Å². The monoisotopic (exact) mass is 636 g/mol. The number of fused-ring (bicyclic) bond motifs is 5. The van der Waals surface area contributed by atoms with E-state index in [4.69, 9.17) is 0 Å². The average Bonchev–Trinajstić information content (AvgIpc) is 3.39. The Hall–Kier alpha value is -1.23. The summed E-state index contributed by atoms with van der Waals surface area (Å²) in [6.07, 6.45) is 10.3. The van der Waals surface area contributed by atoms with E-state index in [1.807, 2.05) is 25.3 Å². The largest absolute Gasteiger partial charge is 0.508 e. The first-order valence-electron chi connectivity index (χ1n) is 13.9. The summed E-state index contributed by atoms with van der Waals surface area (Å²) in [6.45, 7) is 6.70. The van der Waals surface area contributed by atoms with E-state index in [0.29, 0.717) is 47.0 Å². The number of amides is 1. The molecule has 1 aromatic heterocycles. The van der Waals surface area contributed by atoms with Gasteiger partial charge in [-0.1, -0.05) is 13.0 Å². The first-order chi connectivity index (χ1) is 17.7. The third kappa shape index (κ3) is 5.87. The molecule has 8 heteroatoms. The van der Waals surface area contributed by atoms with Crippen LogP contribution < -0.4 is 10.6 Å². The number of nitrogens with one attached hydrogen (secondary N) is 2. The molecule has 1 heterocycles. The smallest absolute Gasteiger partial charge is 0.226 e. The van der Waals surface area contributed by atoms with Gasteiger partial charge in [0.15, 0.2) is 5.13 Å². The minimum absolute atomic E-state index is 0.0920. The number of nitrogens with zero attached hydrogens (tertiary/aromatic N) is 2. The number of phenolic OH excluding ortho intramolecular Hbond substituents is 1. The maximum Gasteiger partial charge on any atom is 0.226 e. The molecular weight excluding hydrogens is 595 g/mol. The van der Waals surface area contributed by atoms with Crippen LogP contribution in [0.1, 0.15) is 73.8 Å². The van der Waals surface area contributed by atoms with Crippen LogP contribution in [-0.2, 0) is 11.2 Å². The van der Waals surface area contributed by atoms with Crippen LogP contribution >= 0.6 is 34.2 Å². The molecule has 3 N–H and O–H groups in total. The molecule has 4 unspecified atom stereocenters. The predicted molar refractivity (Wildman–Crippen MR) is 159 cm³/mol. The van der Waals surface area contributed by atoms with Crippen molar-refractivity contribution in [1.82, 2.24) is 13.4 Å². The summed E-state index contributed by atoms with van der Waals surface area (Å²) in [5.74, 6) is 2.87. The zero-order chi connectivity index (χ0) is 26.2. The standard InChI is InChI=1S/C29H41IN4O2S/c1-18-17-32-28(37-18)33-26(36)10-6-20-16-25(31-13-4-14-34(3)30)29(2)12-11-23-22-9-7-21(35)15-19(22)5-8-24(23)27(20)29/h7,9,15,17,20,23-25,27,31,35H,4-6,8,10-14,16H2,1-3H3,(H,32,33,36)/t20-,23?,24?,25?,27?,29-/m1/s1. The molecule has 1 aromatic carbocycles. The van der Waals surface area contributed by atoms with E-state index in [0.717, 1.165) is 43.6 Å². The van der Waals surface area contributed by atoms with Crippen molar-refractivity contribution in [2.45, 2.75) is 77.2 Å². The highest BCUT2D eigenvalue weighted by Gasteiger charge is 2.58. The van der Waals surface area contributed by atoms with Gasteiger partial charge < -0.3 is 15.7 Å². The SMILES string of the molecule is Cc1cnc(NC(=O)CC[C@@H]2CC(NCCCN(C)I)[C@@]3(C)CCC4c5ccc(O)cc5CCC4C23)s1. The number of phenols is 1. The van der Waals surface area contributed by atoms with Crippen LogP contribution in [0.2, 0.25) is 0 Å². The Morgan fingerprint density at radius 3 is 2.95 bits per heavy atom. The maximum absolute atomic E-state index is 12.9. The van der Waals surface area contributed by atoms with Crippen LogP contribution in [0, 0.1) is 30.1 Å². The summed E-state index contributed by atoms with van der Waals surface area (Å²) < 4.78 is 2.23. The summed E-state index contributed by atoms with van der Waals surface area (Å²) in [6, 6.07) is 6.56. The second-order valence-electron chi connectivity index (χ2n) is 11.8. The Balaban J connectivity index is 1.33. The molecular formula is C29H41IN4O2S. The lowest BCUT2D eigenvalue weighted by Gasteiger charge is -2.52. The van der Waals surface area contributed by atoms with Crippen LogP contribution in [0.25, 0.3) is 0 Å². The van der Waals surface area contributed by atoms with Crippen molar-refractivity contribution in [3.8, 4) is 5.75 Å². The normalized spacial score (nSPS) is 30.6. The summed E-state index contributed by atoms with van der Waals surface area (Å²) in [7, 11) is 2.13. The average molecular weight is 637 g/mol. The van der Waals surface area contributed by atoms with Crippen molar-refractivity contribution < 1.29 is 9.90 Å². The van der Waals surface area contributed by atoms with Crippen molar-refractivity contribution in [3.05, 3.63) is 40.4 Å². The van der Waals surface area contributed by atoms with Gasteiger partial charge in [0, 0.05) is 52.9 Å². The van der Waals surface area contributed by atoms with E-state index in [-0.39, 0.29) is 11.3 Å². The fraction of sp³-hybridized carbons (Fsp3) is 0.655. The highest BCUT2D eigenvalue weighted by molar-refractivity contribution is 14.1. The van der Waals surface area contributed by atoms with Crippen molar-refractivity contribution in [3.63, 3.8) is 0 Å². The highest BCUT2D eigenvalue weighted by Crippen LogP contribution is 2.63. The van der Waals surface area contributed by atoms with E-state index >= 15 is 0 Å². The molecule has 2 fully saturated rings. The van der Waals surface area contributed by atoms with Crippen LogP contribution in [0.15, 0.2) is 24.4 Å². The molecule has 1 amide bonds. The summed E-state index contributed by atoms with van der Waals surface area (Å²) in [5, 5.41) is 17.8. The fourth-order valence-electron chi connectivity index (χ4n) is 7.96. The minimum atomic E-state index is 0.0920. The summed E-state index contributed by atoms with van der Waals surface area (Å²) in [4.78, 5) is 18.3. The molecule has 37 heavy (non-hydrogen) atoms. The number of halogens is 1. The van der Waals surface area contributed by atoms with Gasteiger partial charge in [0.05, 0.1) is 0 Å². The number of hydrogen-bond donors (Lipinski definition) is 3. The Bertz CT molecular complexity index is 1110. The van der Waals surface area contributed by atoms with Crippen LogP contribution in [0.5, 0.6) is 5.75 Å². The number of aryl methyl sites for hydroxylation is 2. The van der Waals surface area contributed by atoms with Gasteiger partial charge in [0.1, 0.15) is 5.75 Å². The van der Waals surface area contributed by atoms with E-state index in [1.165, 1.54) is 41.7 Å². The third-order valence-corrected chi connectivity index (χ3v) is 10.8. The summed E-state index contributed by atoms with van der Waals surface area (Å²) in [5.41, 5.74) is 3.07. The Morgan fingerprint density at radius 2 is 2.19 bits per heavy atom. The Morgan fingerprint density at radius 1 is 1.35 bits per heavy atom. The molecule has 2 aromatic rings. The first-order valence-corrected chi connectivity index (χ1v) is 15.7. The molecule has 3 aliphatic carbocycles. The lowest BCUT2D eigenvalue weighted by atomic mass is 9.53.